The molecule has 0 spiro atoms. The fourth-order valence-electron chi connectivity index (χ4n) is 2.90. The van der Waals surface area contributed by atoms with E-state index in [0.717, 1.165) is 5.56 Å². The molecule has 5 nitrogen and oxygen atoms in total. The number of rotatable bonds is 3. The van der Waals surface area contributed by atoms with E-state index in [2.05, 4.69) is 0 Å². The van der Waals surface area contributed by atoms with E-state index in [4.69, 9.17) is 9.47 Å². The number of likely N-dealkylation sites (tertiary alicyclic amines) is 1. The molecule has 1 saturated heterocycles. The zero-order valence-corrected chi connectivity index (χ0v) is 13.4. The Morgan fingerprint density at radius 2 is 1.95 bits per heavy atom. The summed E-state index contributed by atoms with van der Waals surface area (Å²) in [6.07, 6.45) is 0.264. The third kappa shape index (κ3) is 3.78. The van der Waals surface area contributed by atoms with Gasteiger partial charge in [0.1, 0.15) is 6.61 Å². The number of hydrogen-bond acceptors (Lipinski definition) is 4. The van der Waals surface area contributed by atoms with Crippen molar-refractivity contribution in [3.8, 4) is 0 Å². The van der Waals surface area contributed by atoms with Crippen molar-refractivity contribution in [2.45, 2.75) is 26.9 Å². The van der Waals surface area contributed by atoms with E-state index in [9.17, 15) is 9.59 Å². The van der Waals surface area contributed by atoms with Crippen LogP contribution in [-0.2, 0) is 20.9 Å². The molecule has 1 amide bonds. The Kier molecular flexibility index (Phi) is 5.06. The Balaban J connectivity index is 1.91. The lowest BCUT2D eigenvalue weighted by Crippen LogP contribution is -2.50. The smallest absolute Gasteiger partial charge is 0.410 e. The van der Waals surface area contributed by atoms with Crippen LogP contribution in [0.1, 0.15) is 25.8 Å². The molecule has 120 valence electrons. The van der Waals surface area contributed by atoms with Gasteiger partial charge in [-0.2, -0.15) is 0 Å². The summed E-state index contributed by atoms with van der Waals surface area (Å²) in [4.78, 5) is 25.7. The molecule has 0 aliphatic carbocycles. The SMILES string of the molecule is COC(=O)C1CCN(C(=O)OCc2ccccc2)CC1(C)C. The van der Waals surface area contributed by atoms with Crippen molar-refractivity contribution in [3.05, 3.63) is 35.9 Å². The summed E-state index contributed by atoms with van der Waals surface area (Å²) in [5.74, 6) is -0.391. The van der Waals surface area contributed by atoms with Crippen LogP contribution in [0.3, 0.4) is 0 Å². The van der Waals surface area contributed by atoms with Gasteiger partial charge < -0.3 is 14.4 Å². The van der Waals surface area contributed by atoms with Crippen molar-refractivity contribution >= 4 is 12.1 Å². The largest absolute Gasteiger partial charge is 0.469 e. The highest BCUT2D eigenvalue weighted by Crippen LogP contribution is 2.35. The number of carbonyl (C=O) groups excluding carboxylic acids is 2. The Labute approximate surface area is 131 Å². The Morgan fingerprint density at radius 1 is 1.27 bits per heavy atom. The van der Waals surface area contributed by atoms with Crippen molar-refractivity contribution in [3.63, 3.8) is 0 Å². The van der Waals surface area contributed by atoms with Gasteiger partial charge in [0, 0.05) is 13.1 Å². The maximum absolute atomic E-state index is 12.2. The molecule has 0 aromatic heterocycles. The third-order valence-electron chi connectivity index (χ3n) is 4.18. The van der Waals surface area contributed by atoms with Gasteiger partial charge in [-0.3, -0.25) is 4.79 Å². The van der Waals surface area contributed by atoms with E-state index in [-0.39, 0.29) is 30.0 Å². The van der Waals surface area contributed by atoms with Crippen molar-refractivity contribution in [1.82, 2.24) is 4.90 Å². The first-order chi connectivity index (χ1) is 10.4. The first-order valence-corrected chi connectivity index (χ1v) is 7.47. The minimum Gasteiger partial charge on any atom is -0.469 e. The van der Waals surface area contributed by atoms with Gasteiger partial charge in [-0.25, -0.2) is 4.79 Å². The minimum atomic E-state index is -0.333. The van der Waals surface area contributed by atoms with E-state index >= 15 is 0 Å². The van der Waals surface area contributed by atoms with Crippen LogP contribution in [0.4, 0.5) is 4.79 Å². The van der Waals surface area contributed by atoms with Crippen LogP contribution >= 0.6 is 0 Å². The monoisotopic (exact) mass is 305 g/mol. The number of amides is 1. The molecule has 1 atom stereocenters. The predicted octanol–water partition coefficient (Wildman–Crippen LogP) is 2.84. The lowest BCUT2D eigenvalue weighted by Gasteiger charge is -2.42. The summed E-state index contributed by atoms with van der Waals surface area (Å²) in [6.45, 7) is 5.21. The summed E-state index contributed by atoms with van der Waals surface area (Å²) in [5, 5.41) is 0. The van der Waals surface area contributed by atoms with Crippen LogP contribution in [0.15, 0.2) is 30.3 Å². The average Bonchev–Trinajstić information content (AvgIpc) is 2.52. The zero-order valence-electron chi connectivity index (χ0n) is 13.4. The molecule has 1 fully saturated rings. The van der Waals surface area contributed by atoms with Crippen LogP contribution in [0, 0.1) is 11.3 Å². The second-order valence-corrected chi connectivity index (χ2v) is 6.31. The molecule has 0 saturated carbocycles. The lowest BCUT2D eigenvalue weighted by atomic mass is 9.74. The van der Waals surface area contributed by atoms with Gasteiger partial charge in [-0.1, -0.05) is 44.2 Å². The zero-order chi connectivity index (χ0) is 16.2. The van der Waals surface area contributed by atoms with E-state index in [1.165, 1.54) is 7.11 Å². The Hall–Kier alpha value is -2.04. The van der Waals surface area contributed by atoms with Crippen LogP contribution in [-0.4, -0.2) is 37.2 Å². The molecule has 22 heavy (non-hydrogen) atoms. The number of carbonyl (C=O) groups is 2. The van der Waals surface area contributed by atoms with E-state index in [0.29, 0.717) is 19.5 Å². The highest BCUT2D eigenvalue weighted by atomic mass is 16.6. The number of piperidine rings is 1. The second-order valence-electron chi connectivity index (χ2n) is 6.31. The minimum absolute atomic E-state index is 0.185. The van der Waals surface area contributed by atoms with Crippen LogP contribution < -0.4 is 0 Å². The molecular formula is C17H23NO4. The molecule has 1 heterocycles. The first kappa shape index (κ1) is 16.3. The number of methoxy groups -OCH3 is 1. The quantitative estimate of drug-likeness (QED) is 0.806. The standard InChI is InChI=1S/C17H23NO4/c1-17(2)12-18(10-9-14(17)15(19)21-3)16(20)22-11-13-7-5-4-6-8-13/h4-8,14H,9-12H2,1-3H3. The average molecular weight is 305 g/mol. The third-order valence-corrected chi connectivity index (χ3v) is 4.18. The van der Waals surface area contributed by atoms with Crippen molar-refractivity contribution in [2.75, 3.05) is 20.2 Å². The van der Waals surface area contributed by atoms with E-state index in [1.54, 1.807) is 4.90 Å². The summed E-state index contributed by atoms with van der Waals surface area (Å²) >= 11 is 0. The Morgan fingerprint density at radius 3 is 2.55 bits per heavy atom. The fourth-order valence-corrected chi connectivity index (χ4v) is 2.90. The maximum Gasteiger partial charge on any atom is 0.410 e. The van der Waals surface area contributed by atoms with Crippen LogP contribution in [0.25, 0.3) is 0 Å². The van der Waals surface area contributed by atoms with Gasteiger partial charge in [-0.05, 0) is 17.4 Å². The number of esters is 1. The summed E-state index contributed by atoms with van der Waals surface area (Å²) in [5.41, 5.74) is 0.636. The van der Waals surface area contributed by atoms with E-state index < -0.39 is 0 Å². The van der Waals surface area contributed by atoms with Gasteiger partial charge in [0.25, 0.3) is 0 Å². The Bertz CT molecular complexity index is 527. The van der Waals surface area contributed by atoms with Crippen molar-refractivity contribution in [2.24, 2.45) is 11.3 Å². The molecule has 2 rings (SSSR count). The lowest BCUT2D eigenvalue weighted by molar-refractivity contribution is -0.152. The highest BCUT2D eigenvalue weighted by Gasteiger charge is 2.42. The first-order valence-electron chi connectivity index (χ1n) is 7.47. The molecule has 5 heteroatoms. The molecule has 0 radical (unpaired) electrons. The normalized spacial score (nSPS) is 20.3. The molecule has 1 unspecified atom stereocenters. The number of hydrogen-bond donors (Lipinski definition) is 0. The fraction of sp³-hybridized carbons (Fsp3) is 0.529. The highest BCUT2D eigenvalue weighted by molar-refractivity contribution is 5.74. The van der Waals surface area contributed by atoms with Gasteiger partial charge in [0.05, 0.1) is 13.0 Å². The van der Waals surface area contributed by atoms with Gasteiger partial charge in [-0.15, -0.1) is 0 Å². The molecule has 1 aromatic rings. The molecule has 0 bridgehead atoms. The molecule has 1 aromatic carbocycles. The molecular weight excluding hydrogens is 282 g/mol. The summed E-state index contributed by atoms with van der Waals surface area (Å²) < 4.78 is 10.2. The molecule has 1 aliphatic rings. The van der Waals surface area contributed by atoms with Crippen LogP contribution in [0.2, 0.25) is 0 Å². The van der Waals surface area contributed by atoms with Crippen molar-refractivity contribution < 1.29 is 19.1 Å². The van der Waals surface area contributed by atoms with Gasteiger partial charge in [0.2, 0.25) is 0 Å². The number of nitrogens with zero attached hydrogens (tertiary/aromatic N) is 1. The predicted molar refractivity (Wildman–Crippen MR) is 82.1 cm³/mol. The number of benzene rings is 1. The second kappa shape index (κ2) is 6.81. The topological polar surface area (TPSA) is 55.8 Å². The number of ether oxygens (including phenoxy) is 2. The van der Waals surface area contributed by atoms with Gasteiger partial charge >= 0.3 is 12.1 Å². The summed E-state index contributed by atoms with van der Waals surface area (Å²) in [6, 6.07) is 9.58. The molecule has 0 N–H and O–H groups in total. The van der Waals surface area contributed by atoms with Crippen LogP contribution in [0.5, 0.6) is 0 Å². The summed E-state index contributed by atoms with van der Waals surface area (Å²) in [7, 11) is 1.40. The maximum atomic E-state index is 12.2. The van der Waals surface area contributed by atoms with E-state index in [1.807, 2.05) is 44.2 Å². The van der Waals surface area contributed by atoms with Crippen molar-refractivity contribution in [1.29, 1.82) is 0 Å². The van der Waals surface area contributed by atoms with Gasteiger partial charge in [0.15, 0.2) is 0 Å². The molecule has 1 aliphatic heterocycles.